The number of benzene rings is 3. The average Bonchev–Trinajstić information content (AvgIpc) is 3.13. The fraction of sp³-hybridized carbons (Fsp3) is 0.222. The smallest absolute Gasteiger partial charge is 0.418 e. The van der Waals surface area contributed by atoms with Crippen LogP contribution < -0.4 is 5.32 Å². The molecular weight excluding hydrogens is 432 g/mol. The van der Waals surface area contributed by atoms with Gasteiger partial charge in [-0.05, 0) is 23.6 Å². The van der Waals surface area contributed by atoms with E-state index in [0.29, 0.717) is 11.1 Å². The van der Waals surface area contributed by atoms with E-state index in [1.54, 1.807) is 67.6 Å². The lowest BCUT2D eigenvalue weighted by atomic mass is 9.91. The van der Waals surface area contributed by atoms with Gasteiger partial charge in [0.2, 0.25) is 0 Å². The van der Waals surface area contributed by atoms with Crippen molar-refractivity contribution in [1.82, 2.24) is 10.2 Å². The van der Waals surface area contributed by atoms with Gasteiger partial charge in [0.25, 0.3) is 17.4 Å². The van der Waals surface area contributed by atoms with Crippen molar-refractivity contribution in [3.8, 4) is 0 Å². The minimum Gasteiger partial charge on any atom is -0.422 e. The third-order valence-electron chi connectivity index (χ3n) is 6.04. The van der Waals surface area contributed by atoms with Crippen LogP contribution >= 0.6 is 0 Å². The lowest BCUT2D eigenvalue weighted by Crippen LogP contribution is -2.56. The molecule has 3 unspecified atom stereocenters. The molecule has 0 saturated carbocycles. The van der Waals surface area contributed by atoms with E-state index in [-0.39, 0.29) is 13.0 Å². The summed E-state index contributed by atoms with van der Waals surface area (Å²) in [6.45, 7) is 1.33. The molecule has 0 aromatic heterocycles. The number of rotatable bonds is 8. The van der Waals surface area contributed by atoms with Gasteiger partial charge in [0, 0.05) is 6.42 Å². The molecule has 174 valence electrons. The number of carbonyl (C=O) groups is 3. The number of amides is 3. The summed E-state index contributed by atoms with van der Waals surface area (Å²) in [5, 5.41) is 12.7. The lowest BCUT2D eigenvalue weighted by molar-refractivity contribution is -0.150. The highest BCUT2D eigenvalue weighted by atomic mass is 16.6. The SMILES string of the molecule is CC(c1ccccc1)N1C(=O)OC(Cc2ccccc2)(C(=O)NC(CO)c2ccccc2)C1=O. The van der Waals surface area contributed by atoms with Crippen molar-refractivity contribution >= 4 is 17.9 Å². The van der Waals surface area contributed by atoms with Crippen molar-refractivity contribution < 1.29 is 24.2 Å². The van der Waals surface area contributed by atoms with Gasteiger partial charge in [0.1, 0.15) is 0 Å². The van der Waals surface area contributed by atoms with E-state index >= 15 is 0 Å². The van der Waals surface area contributed by atoms with Crippen molar-refractivity contribution in [2.24, 2.45) is 0 Å². The normalized spacial score (nSPS) is 19.4. The molecular formula is C27H26N2O5. The van der Waals surface area contributed by atoms with Crippen molar-refractivity contribution in [3.05, 3.63) is 108 Å². The number of carbonyl (C=O) groups excluding carboxylic acids is 3. The number of nitrogens with zero attached hydrogens (tertiary/aromatic N) is 1. The Hall–Kier alpha value is -3.97. The maximum Gasteiger partial charge on any atom is 0.418 e. The Morgan fingerprint density at radius 3 is 2.00 bits per heavy atom. The minimum absolute atomic E-state index is 0.130. The molecule has 4 rings (SSSR count). The first-order valence-corrected chi connectivity index (χ1v) is 11.1. The highest BCUT2D eigenvalue weighted by molar-refractivity contribution is 6.17. The molecule has 1 aliphatic rings. The van der Waals surface area contributed by atoms with Gasteiger partial charge in [-0.1, -0.05) is 91.0 Å². The van der Waals surface area contributed by atoms with Gasteiger partial charge in [-0.3, -0.25) is 9.59 Å². The average molecular weight is 459 g/mol. The third kappa shape index (κ3) is 4.43. The van der Waals surface area contributed by atoms with Gasteiger partial charge >= 0.3 is 6.09 Å². The Labute approximate surface area is 198 Å². The molecule has 7 nitrogen and oxygen atoms in total. The van der Waals surface area contributed by atoms with Crippen LogP contribution in [0.25, 0.3) is 0 Å². The van der Waals surface area contributed by atoms with Crippen LogP contribution in [0.1, 0.15) is 35.7 Å². The van der Waals surface area contributed by atoms with Gasteiger partial charge in [-0.2, -0.15) is 0 Å². The molecule has 2 N–H and O–H groups in total. The van der Waals surface area contributed by atoms with Gasteiger partial charge in [0.15, 0.2) is 0 Å². The zero-order valence-corrected chi connectivity index (χ0v) is 18.8. The molecule has 0 bridgehead atoms. The molecule has 0 aliphatic carbocycles. The van der Waals surface area contributed by atoms with Gasteiger partial charge in [-0.25, -0.2) is 9.69 Å². The summed E-state index contributed by atoms with van der Waals surface area (Å²) in [7, 11) is 0. The van der Waals surface area contributed by atoms with Crippen molar-refractivity contribution in [2.45, 2.75) is 31.0 Å². The number of hydrogen-bond donors (Lipinski definition) is 2. The molecule has 3 aromatic rings. The number of aliphatic hydroxyl groups excluding tert-OH is 1. The number of hydrogen-bond acceptors (Lipinski definition) is 5. The standard InChI is InChI=1S/C27H26N2O5/c1-19(21-13-7-3-8-14-21)29-25(32)27(34-26(29)33,17-20-11-5-2-6-12-20)24(31)28-23(18-30)22-15-9-4-10-16-22/h2-16,19,23,30H,17-18H2,1H3,(H,28,31). The second-order valence-electron chi connectivity index (χ2n) is 8.24. The molecule has 3 atom stereocenters. The van der Waals surface area contributed by atoms with Crippen LogP contribution in [0, 0.1) is 0 Å². The summed E-state index contributed by atoms with van der Waals surface area (Å²) < 4.78 is 5.61. The van der Waals surface area contributed by atoms with Crippen LogP contribution in [-0.4, -0.2) is 40.1 Å². The Balaban J connectivity index is 1.69. The van der Waals surface area contributed by atoms with E-state index in [0.717, 1.165) is 10.5 Å². The monoisotopic (exact) mass is 458 g/mol. The molecule has 34 heavy (non-hydrogen) atoms. The van der Waals surface area contributed by atoms with E-state index in [1.165, 1.54) is 0 Å². The summed E-state index contributed by atoms with van der Waals surface area (Å²) >= 11 is 0. The van der Waals surface area contributed by atoms with E-state index in [2.05, 4.69) is 5.32 Å². The molecule has 3 aromatic carbocycles. The Kier molecular flexibility index (Phi) is 6.75. The molecule has 0 spiro atoms. The van der Waals surface area contributed by atoms with Gasteiger partial charge < -0.3 is 15.2 Å². The first kappa shape index (κ1) is 23.2. The zero-order valence-electron chi connectivity index (χ0n) is 18.8. The predicted octanol–water partition coefficient (Wildman–Crippen LogP) is 3.56. The van der Waals surface area contributed by atoms with Crippen LogP contribution in [0.4, 0.5) is 4.79 Å². The molecule has 0 radical (unpaired) electrons. The van der Waals surface area contributed by atoms with Crippen LogP contribution in [0.3, 0.4) is 0 Å². The quantitative estimate of drug-likeness (QED) is 0.503. The first-order chi connectivity index (χ1) is 16.5. The second kappa shape index (κ2) is 9.89. The van der Waals surface area contributed by atoms with Crippen LogP contribution in [0.15, 0.2) is 91.0 Å². The summed E-state index contributed by atoms with van der Waals surface area (Å²) in [6, 6.07) is 25.5. The zero-order chi connectivity index (χ0) is 24.1. The summed E-state index contributed by atoms with van der Waals surface area (Å²) in [5.74, 6) is -1.51. The Morgan fingerprint density at radius 2 is 1.44 bits per heavy atom. The highest BCUT2D eigenvalue weighted by Gasteiger charge is 2.60. The molecule has 3 amide bonds. The Bertz CT molecular complexity index is 1150. The van der Waals surface area contributed by atoms with Crippen LogP contribution in [-0.2, 0) is 20.7 Å². The predicted molar refractivity (Wildman–Crippen MR) is 125 cm³/mol. The Morgan fingerprint density at radius 1 is 0.912 bits per heavy atom. The number of nitrogens with one attached hydrogen (secondary N) is 1. The van der Waals surface area contributed by atoms with Gasteiger partial charge in [-0.15, -0.1) is 0 Å². The van der Waals surface area contributed by atoms with Crippen molar-refractivity contribution in [2.75, 3.05) is 6.61 Å². The number of imide groups is 1. The molecule has 1 fully saturated rings. The lowest BCUT2D eigenvalue weighted by Gasteiger charge is -2.28. The van der Waals surface area contributed by atoms with Crippen molar-refractivity contribution in [1.29, 1.82) is 0 Å². The fourth-order valence-electron chi connectivity index (χ4n) is 4.15. The maximum absolute atomic E-state index is 13.8. The molecule has 1 saturated heterocycles. The second-order valence-corrected chi connectivity index (χ2v) is 8.24. The molecule has 7 heteroatoms. The molecule has 1 aliphatic heterocycles. The van der Waals surface area contributed by atoms with Gasteiger partial charge in [0.05, 0.1) is 18.7 Å². The third-order valence-corrected chi connectivity index (χ3v) is 6.04. The van der Waals surface area contributed by atoms with E-state index in [4.69, 9.17) is 4.74 Å². The minimum atomic E-state index is -2.09. The topological polar surface area (TPSA) is 95.9 Å². The number of ether oxygens (including phenoxy) is 1. The largest absolute Gasteiger partial charge is 0.422 e. The van der Waals surface area contributed by atoms with Crippen LogP contribution in [0.2, 0.25) is 0 Å². The van der Waals surface area contributed by atoms with E-state index < -0.39 is 35.6 Å². The van der Waals surface area contributed by atoms with Crippen LogP contribution in [0.5, 0.6) is 0 Å². The first-order valence-electron chi connectivity index (χ1n) is 11.1. The van der Waals surface area contributed by atoms with Crippen molar-refractivity contribution in [3.63, 3.8) is 0 Å². The number of aliphatic hydroxyl groups is 1. The van der Waals surface area contributed by atoms with E-state index in [9.17, 15) is 19.5 Å². The summed E-state index contributed by atoms with van der Waals surface area (Å²) in [4.78, 5) is 41.4. The molecule has 1 heterocycles. The fourth-order valence-corrected chi connectivity index (χ4v) is 4.15. The van der Waals surface area contributed by atoms with E-state index in [1.807, 2.05) is 30.3 Å². The maximum atomic E-state index is 13.8. The summed E-state index contributed by atoms with van der Waals surface area (Å²) in [6.07, 6.45) is -1.01. The highest BCUT2D eigenvalue weighted by Crippen LogP contribution is 2.35. The number of cyclic esters (lactones) is 1. The summed E-state index contributed by atoms with van der Waals surface area (Å²) in [5.41, 5.74) is -0.0297.